The van der Waals surface area contributed by atoms with Crippen LogP contribution in [-0.4, -0.2) is 25.3 Å². The summed E-state index contributed by atoms with van der Waals surface area (Å²) in [7, 11) is 3.19. The zero-order chi connectivity index (χ0) is 19.2. The van der Waals surface area contributed by atoms with Gasteiger partial charge in [-0.2, -0.15) is 0 Å². The molecule has 2 aromatic carbocycles. The summed E-state index contributed by atoms with van der Waals surface area (Å²) in [6.07, 6.45) is 1.40. The Morgan fingerprint density at radius 1 is 1.07 bits per heavy atom. The van der Waals surface area contributed by atoms with Crippen molar-refractivity contribution in [3.8, 4) is 11.5 Å². The minimum Gasteiger partial charge on any atom is -0.493 e. The number of methoxy groups -OCH3 is 2. The summed E-state index contributed by atoms with van der Waals surface area (Å²) in [4.78, 5) is 13.3. The molecule has 27 heavy (non-hydrogen) atoms. The number of aromatic nitrogens is 1. The Balaban J connectivity index is 1.73. The van der Waals surface area contributed by atoms with E-state index in [4.69, 9.17) is 14.0 Å². The van der Waals surface area contributed by atoms with Crippen LogP contribution < -0.4 is 19.5 Å². The molecular formula is C19H19N3O4S. The van der Waals surface area contributed by atoms with Gasteiger partial charge in [-0.1, -0.05) is 17.3 Å². The number of carbonyl (C=O) groups is 1. The van der Waals surface area contributed by atoms with Crippen molar-refractivity contribution < 1.29 is 18.8 Å². The van der Waals surface area contributed by atoms with Crippen LogP contribution >= 0.6 is 11.9 Å². The highest BCUT2D eigenvalue weighted by molar-refractivity contribution is 8.00. The lowest BCUT2D eigenvalue weighted by Crippen LogP contribution is -2.13. The van der Waals surface area contributed by atoms with Gasteiger partial charge in [-0.3, -0.25) is 4.79 Å². The van der Waals surface area contributed by atoms with E-state index in [0.717, 1.165) is 10.6 Å². The van der Waals surface area contributed by atoms with Crippen molar-refractivity contribution in [3.63, 3.8) is 0 Å². The maximum atomic E-state index is 12.4. The number of hydrogen-bond donors (Lipinski definition) is 2. The summed E-state index contributed by atoms with van der Waals surface area (Å²) < 4.78 is 18.8. The Morgan fingerprint density at radius 2 is 1.81 bits per heavy atom. The molecule has 0 saturated carbocycles. The van der Waals surface area contributed by atoms with Crippen LogP contribution in [0.4, 0.5) is 11.4 Å². The number of carbonyl (C=O) groups excluding carboxylic acids is 1. The molecule has 3 rings (SSSR count). The number of benzene rings is 2. The van der Waals surface area contributed by atoms with Crippen LogP contribution in [0.1, 0.15) is 16.1 Å². The summed E-state index contributed by atoms with van der Waals surface area (Å²) in [6.45, 7) is 1.69. The average Bonchev–Trinajstić information content (AvgIpc) is 3.13. The predicted molar refractivity (Wildman–Crippen MR) is 105 cm³/mol. The smallest absolute Gasteiger partial charge is 0.260 e. The normalized spacial score (nSPS) is 10.3. The van der Waals surface area contributed by atoms with E-state index < -0.39 is 0 Å². The lowest BCUT2D eigenvalue weighted by atomic mass is 10.2. The first-order valence-corrected chi connectivity index (χ1v) is 8.90. The molecule has 0 fully saturated rings. The second-order valence-corrected chi connectivity index (χ2v) is 6.40. The van der Waals surface area contributed by atoms with E-state index in [1.165, 1.54) is 18.1 Å². The van der Waals surface area contributed by atoms with E-state index in [9.17, 15) is 4.79 Å². The lowest BCUT2D eigenvalue weighted by molar-refractivity contribution is 0.102. The van der Waals surface area contributed by atoms with Crippen LogP contribution in [0.2, 0.25) is 0 Å². The van der Waals surface area contributed by atoms with Crippen molar-refractivity contribution in [1.82, 2.24) is 5.16 Å². The topological polar surface area (TPSA) is 85.6 Å². The quantitative estimate of drug-likeness (QED) is 0.584. The Kier molecular flexibility index (Phi) is 5.87. The van der Waals surface area contributed by atoms with Crippen LogP contribution in [0.5, 0.6) is 11.5 Å². The second kappa shape index (κ2) is 8.50. The van der Waals surface area contributed by atoms with Crippen LogP contribution in [0, 0.1) is 6.92 Å². The molecule has 0 aliphatic heterocycles. The SMILES string of the molecule is COc1ccc(SNc2ccccc2NC(=O)c2cnoc2C)cc1OC. The standard InChI is InChI=1S/C19H19N3O4S/c1-12-14(11-20-26-12)19(23)21-15-6-4-5-7-16(15)22-27-13-8-9-17(24-2)18(10-13)25-3/h4-11,22H,1-3H3,(H,21,23). The van der Waals surface area contributed by atoms with Gasteiger partial charge in [0, 0.05) is 4.90 Å². The number of hydrogen-bond acceptors (Lipinski definition) is 7. The third-order valence-corrected chi connectivity index (χ3v) is 4.62. The monoisotopic (exact) mass is 385 g/mol. The molecule has 1 heterocycles. The summed E-state index contributed by atoms with van der Waals surface area (Å²) in [5, 5.41) is 6.51. The molecule has 0 bridgehead atoms. The fourth-order valence-corrected chi connectivity index (χ4v) is 3.09. The van der Waals surface area contributed by atoms with E-state index in [1.807, 2.05) is 42.5 Å². The first-order chi connectivity index (χ1) is 13.1. The second-order valence-electron chi connectivity index (χ2n) is 5.52. The van der Waals surface area contributed by atoms with Crippen molar-refractivity contribution in [1.29, 1.82) is 0 Å². The summed E-state index contributed by atoms with van der Waals surface area (Å²) in [5.74, 6) is 1.50. The highest BCUT2D eigenvalue weighted by Crippen LogP contribution is 2.33. The van der Waals surface area contributed by atoms with Crippen molar-refractivity contribution in [2.75, 3.05) is 24.3 Å². The summed E-state index contributed by atoms with van der Waals surface area (Å²) in [6, 6.07) is 13.1. The summed E-state index contributed by atoms with van der Waals surface area (Å²) in [5.41, 5.74) is 1.81. The number of amides is 1. The molecule has 7 nitrogen and oxygen atoms in total. The van der Waals surface area contributed by atoms with Crippen LogP contribution in [0.3, 0.4) is 0 Å². The summed E-state index contributed by atoms with van der Waals surface area (Å²) >= 11 is 1.40. The van der Waals surface area contributed by atoms with Crippen molar-refractivity contribution in [2.24, 2.45) is 0 Å². The predicted octanol–water partition coefficient (Wildman–Crippen LogP) is 4.37. The van der Waals surface area contributed by atoms with E-state index in [-0.39, 0.29) is 5.91 Å². The molecule has 2 N–H and O–H groups in total. The number of nitrogens with one attached hydrogen (secondary N) is 2. The number of nitrogens with zero attached hydrogens (tertiary/aromatic N) is 1. The highest BCUT2D eigenvalue weighted by atomic mass is 32.2. The molecule has 3 aromatic rings. The van der Waals surface area contributed by atoms with Gasteiger partial charge >= 0.3 is 0 Å². The van der Waals surface area contributed by atoms with E-state index >= 15 is 0 Å². The fraction of sp³-hybridized carbons (Fsp3) is 0.158. The molecule has 8 heteroatoms. The Labute approximate surface area is 161 Å². The number of aryl methyl sites for hydroxylation is 1. The van der Waals surface area contributed by atoms with E-state index in [2.05, 4.69) is 15.2 Å². The maximum Gasteiger partial charge on any atom is 0.260 e. The first kappa shape index (κ1) is 18.7. The molecule has 140 valence electrons. The van der Waals surface area contributed by atoms with Crippen LogP contribution in [0.25, 0.3) is 0 Å². The highest BCUT2D eigenvalue weighted by Gasteiger charge is 2.14. The Morgan fingerprint density at radius 3 is 2.48 bits per heavy atom. The zero-order valence-corrected chi connectivity index (χ0v) is 15.9. The van der Waals surface area contributed by atoms with Crippen molar-refractivity contribution in [3.05, 3.63) is 60.0 Å². The van der Waals surface area contributed by atoms with Crippen LogP contribution in [-0.2, 0) is 0 Å². The first-order valence-electron chi connectivity index (χ1n) is 8.09. The molecule has 0 atom stereocenters. The zero-order valence-electron chi connectivity index (χ0n) is 15.1. The Hall–Kier alpha value is -3.13. The number of ether oxygens (including phenoxy) is 2. The van der Waals surface area contributed by atoms with Crippen molar-refractivity contribution in [2.45, 2.75) is 11.8 Å². The van der Waals surface area contributed by atoms with Gasteiger partial charge in [0.1, 0.15) is 11.3 Å². The minimum atomic E-state index is -0.279. The third-order valence-electron chi connectivity index (χ3n) is 3.80. The minimum absolute atomic E-state index is 0.279. The van der Waals surface area contributed by atoms with Gasteiger partial charge < -0.3 is 24.0 Å². The van der Waals surface area contributed by atoms with Gasteiger partial charge in [0.05, 0.1) is 31.8 Å². The molecule has 0 radical (unpaired) electrons. The number of anilines is 2. The average molecular weight is 385 g/mol. The largest absolute Gasteiger partial charge is 0.493 e. The van der Waals surface area contributed by atoms with Gasteiger partial charge in [-0.25, -0.2) is 0 Å². The molecule has 1 aromatic heterocycles. The third kappa shape index (κ3) is 4.35. The molecule has 0 spiro atoms. The molecule has 0 aliphatic rings. The van der Waals surface area contributed by atoms with Gasteiger partial charge in [-0.05, 0) is 49.2 Å². The molecular weight excluding hydrogens is 366 g/mol. The van der Waals surface area contributed by atoms with Gasteiger partial charge in [0.2, 0.25) is 0 Å². The molecule has 1 amide bonds. The fourth-order valence-electron chi connectivity index (χ4n) is 2.38. The van der Waals surface area contributed by atoms with E-state index in [1.54, 1.807) is 21.1 Å². The molecule has 0 saturated heterocycles. The van der Waals surface area contributed by atoms with Crippen molar-refractivity contribution >= 4 is 29.2 Å². The maximum absolute atomic E-state index is 12.4. The van der Waals surface area contributed by atoms with E-state index in [0.29, 0.717) is 28.5 Å². The van der Waals surface area contributed by atoms with Crippen LogP contribution in [0.15, 0.2) is 58.1 Å². The lowest BCUT2D eigenvalue weighted by Gasteiger charge is -2.13. The Bertz CT molecular complexity index is 942. The number of rotatable bonds is 7. The van der Waals surface area contributed by atoms with Gasteiger partial charge in [0.15, 0.2) is 11.5 Å². The van der Waals surface area contributed by atoms with Gasteiger partial charge in [-0.15, -0.1) is 0 Å². The molecule has 0 unspecified atom stereocenters. The molecule has 0 aliphatic carbocycles. The number of para-hydroxylation sites is 2. The van der Waals surface area contributed by atoms with Gasteiger partial charge in [0.25, 0.3) is 5.91 Å².